The van der Waals surface area contributed by atoms with E-state index in [1.165, 1.54) is 29.1 Å². The summed E-state index contributed by atoms with van der Waals surface area (Å²) in [7, 11) is -3.49. The second kappa shape index (κ2) is 6.66. The zero-order valence-corrected chi connectivity index (χ0v) is 15.5. The lowest BCUT2D eigenvalue weighted by Crippen LogP contribution is -2.24. The van der Waals surface area contributed by atoms with Crippen LogP contribution in [0.2, 0.25) is 5.02 Å². The Balaban J connectivity index is 1.89. The number of rotatable bonds is 4. The van der Waals surface area contributed by atoms with E-state index in [2.05, 4.69) is 20.9 Å². The molecule has 0 N–H and O–H groups in total. The van der Waals surface area contributed by atoms with Crippen molar-refractivity contribution in [2.24, 2.45) is 0 Å². The normalized spacial score (nSPS) is 11.8. The minimum atomic E-state index is -3.49. The molecule has 0 bridgehead atoms. The SMILES string of the molecule is O=c1c2cc(Cl)ccc2ncn1CCS(=O)(=O)c1ccc(Br)cc1. The number of benzene rings is 2. The second-order valence-corrected chi connectivity index (χ2v) is 8.64. The first-order valence-electron chi connectivity index (χ1n) is 7.00. The Labute approximate surface area is 152 Å². The van der Waals surface area contributed by atoms with E-state index in [0.717, 1.165) is 4.47 Å². The monoisotopic (exact) mass is 426 g/mol. The van der Waals surface area contributed by atoms with Gasteiger partial charge >= 0.3 is 0 Å². The van der Waals surface area contributed by atoms with Gasteiger partial charge in [0.2, 0.25) is 0 Å². The van der Waals surface area contributed by atoms with Gasteiger partial charge in [-0.1, -0.05) is 27.5 Å². The third kappa shape index (κ3) is 3.53. The number of halogens is 2. The van der Waals surface area contributed by atoms with Crippen molar-refractivity contribution < 1.29 is 8.42 Å². The molecule has 0 aliphatic rings. The van der Waals surface area contributed by atoms with Crippen LogP contribution in [0.5, 0.6) is 0 Å². The van der Waals surface area contributed by atoms with Crippen molar-refractivity contribution in [2.45, 2.75) is 11.4 Å². The fourth-order valence-corrected chi connectivity index (χ4v) is 3.93. The average molecular weight is 428 g/mol. The van der Waals surface area contributed by atoms with Crippen molar-refractivity contribution in [3.8, 4) is 0 Å². The molecule has 1 aromatic heterocycles. The van der Waals surface area contributed by atoms with Gasteiger partial charge in [-0.2, -0.15) is 0 Å². The van der Waals surface area contributed by atoms with Gasteiger partial charge in [0.25, 0.3) is 5.56 Å². The first-order chi connectivity index (χ1) is 11.4. The summed E-state index contributed by atoms with van der Waals surface area (Å²) < 4.78 is 26.8. The first-order valence-corrected chi connectivity index (χ1v) is 9.82. The van der Waals surface area contributed by atoms with Gasteiger partial charge in [-0.25, -0.2) is 13.4 Å². The molecule has 0 fully saturated rings. The van der Waals surface area contributed by atoms with Crippen molar-refractivity contribution >= 4 is 48.3 Å². The molecule has 5 nitrogen and oxygen atoms in total. The summed E-state index contributed by atoms with van der Waals surface area (Å²) in [5, 5.41) is 0.799. The molecule has 2 aromatic carbocycles. The van der Waals surface area contributed by atoms with Crippen LogP contribution in [0.1, 0.15) is 0 Å². The molecule has 124 valence electrons. The van der Waals surface area contributed by atoms with Gasteiger partial charge < -0.3 is 0 Å². The van der Waals surface area contributed by atoms with Crippen LogP contribution in [0, 0.1) is 0 Å². The van der Waals surface area contributed by atoms with Crippen molar-refractivity contribution in [1.82, 2.24) is 9.55 Å². The zero-order valence-electron chi connectivity index (χ0n) is 12.3. The Hall–Kier alpha value is -1.70. The van der Waals surface area contributed by atoms with Gasteiger partial charge in [-0.05, 0) is 42.5 Å². The third-order valence-corrected chi connectivity index (χ3v) is 6.03. The van der Waals surface area contributed by atoms with Crippen molar-refractivity contribution in [1.29, 1.82) is 0 Å². The topological polar surface area (TPSA) is 69.0 Å². The van der Waals surface area contributed by atoms with E-state index in [1.54, 1.807) is 24.3 Å². The Morgan fingerprint density at radius 2 is 1.83 bits per heavy atom. The predicted molar refractivity (Wildman–Crippen MR) is 97.2 cm³/mol. The molecule has 8 heteroatoms. The number of sulfone groups is 1. The Morgan fingerprint density at radius 3 is 2.54 bits per heavy atom. The van der Waals surface area contributed by atoms with E-state index in [0.29, 0.717) is 15.9 Å². The van der Waals surface area contributed by atoms with Crippen molar-refractivity contribution in [3.63, 3.8) is 0 Å². The molecule has 0 atom stereocenters. The highest BCUT2D eigenvalue weighted by Crippen LogP contribution is 2.17. The zero-order chi connectivity index (χ0) is 17.3. The first kappa shape index (κ1) is 17.1. The van der Waals surface area contributed by atoms with Crippen LogP contribution in [0.3, 0.4) is 0 Å². The van der Waals surface area contributed by atoms with E-state index >= 15 is 0 Å². The van der Waals surface area contributed by atoms with E-state index in [1.807, 2.05) is 0 Å². The number of aromatic nitrogens is 2. The van der Waals surface area contributed by atoms with Crippen LogP contribution in [-0.2, 0) is 16.4 Å². The number of hydrogen-bond acceptors (Lipinski definition) is 4. The van der Waals surface area contributed by atoms with Crippen LogP contribution in [0.15, 0.2) is 63.0 Å². The van der Waals surface area contributed by atoms with E-state index in [4.69, 9.17) is 11.6 Å². The number of aryl methyl sites for hydroxylation is 1. The van der Waals surface area contributed by atoms with Crippen LogP contribution in [0.4, 0.5) is 0 Å². The molecule has 0 saturated carbocycles. The second-order valence-electron chi connectivity index (χ2n) is 5.18. The van der Waals surface area contributed by atoms with Gasteiger partial charge in [0, 0.05) is 16.0 Å². The molecule has 0 aliphatic heterocycles. The molecular formula is C16H12BrClN2O3S. The quantitative estimate of drug-likeness (QED) is 0.641. The van der Waals surface area contributed by atoms with Gasteiger partial charge in [0.15, 0.2) is 9.84 Å². The number of fused-ring (bicyclic) bond motifs is 1. The van der Waals surface area contributed by atoms with Crippen LogP contribution in [0.25, 0.3) is 10.9 Å². The molecule has 0 radical (unpaired) electrons. The third-order valence-electron chi connectivity index (χ3n) is 3.56. The standard InChI is InChI=1S/C16H12BrClN2O3S/c17-11-1-4-13(5-2-11)24(22,23)8-7-20-10-19-15-6-3-12(18)9-14(15)16(20)21/h1-6,9-10H,7-8H2. The summed E-state index contributed by atoms with van der Waals surface area (Å²) in [5.41, 5.74) is 0.213. The lowest BCUT2D eigenvalue weighted by atomic mass is 10.2. The van der Waals surface area contributed by atoms with Gasteiger partial charge in [0.1, 0.15) is 0 Å². The van der Waals surface area contributed by atoms with Crippen molar-refractivity contribution in [3.05, 3.63) is 68.6 Å². The Kier molecular flexibility index (Phi) is 4.76. The van der Waals surface area contributed by atoms with Gasteiger partial charge in [-0.3, -0.25) is 9.36 Å². The fourth-order valence-electron chi connectivity index (χ4n) is 2.27. The summed E-state index contributed by atoms with van der Waals surface area (Å²) in [6, 6.07) is 11.2. The van der Waals surface area contributed by atoms with Crippen LogP contribution >= 0.6 is 27.5 Å². The Morgan fingerprint density at radius 1 is 1.12 bits per heavy atom. The summed E-state index contributed by atoms with van der Waals surface area (Å²) in [4.78, 5) is 16.8. The molecule has 0 aliphatic carbocycles. The minimum Gasteiger partial charge on any atom is -0.298 e. The number of nitrogens with zero attached hydrogens (tertiary/aromatic N) is 2. The smallest absolute Gasteiger partial charge is 0.261 e. The average Bonchev–Trinajstić information content (AvgIpc) is 2.55. The van der Waals surface area contributed by atoms with E-state index < -0.39 is 9.84 Å². The van der Waals surface area contributed by atoms with Gasteiger partial charge in [0.05, 0.1) is 27.9 Å². The molecule has 0 spiro atoms. The fraction of sp³-hybridized carbons (Fsp3) is 0.125. The largest absolute Gasteiger partial charge is 0.298 e. The highest BCUT2D eigenvalue weighted by Gasteiger charge is 2.15. The maximum atomic E-state index is 12.4. The molecule has 0 amide bonds. The maximum absolute atomic E-state index is 12.4. The highest BCUT2D eigenvalue weighted by molar-refractivity contribution is 9.10. The highest BCUT2D eigenvalue weighted by atomic mass is 79.9. The maximum Gasteiger partial charge on any atom is 0.261 e. The van der Waals surface area contributed by atoms with Crippen molar-refractivity contribution in [2.75, 3.05) is 5.75 Å². The summed E-state index contributed by atoms with van der Waals surface area (Å²) in [6.45, 7) is 0.0205. The number of hydrogen-bond donors (Lipinski definition) is 0. The van der Waals surface area contributed by atoms with E-state index in [-0.39, 0.29) is 22.8 Å². The molecule has 1 heterocycles. The summed E-state index contributed by atoms with van der Waals surface area (Å²) in [6.07, 6.45) is 1.36. The minimum absolute atomic E-state index is 0.0205. The lowest BCUT2D eigenvalue weighted by Gasteiger charge is -2.08. The summed E-state index contributed by atoms with van der Waals surface area (Å²) in [5.74, 6) is -0.192. The molecule has 3 aromatic rings. The summed E-state index contributed by atoms with van der Waals surface area (Å²) >= 11 is 9.18. The molecule has 0 unspecified atom stereocenters. The predicted octanol–water partition coefficient (Wildman–Crippen LogP) is 3.29. The molecule has 0 saturated heterocycles. The van der Waals surface area contributed by atoms with E-state index in [9.17, 15) is 13.2 Å². The lowest BCUT2D eigenvalue weighted by molar-refractivity contribution is 0.586. The molecular weight excluding hydrogens is 416 g/mol. The van der Waals surface area contributed by atoms with Crippen LogP contribution in [-0.4, -0.2) is 23.7 Å². The van der Waals surface area contributed by atoms with Gasteiger partial charge in [-0.15, -0.1) is 0 Å². The van der Waals surface area contributed by atoms with Crippen LogP contribution < -0.4 is 5.56 Å². The Bertz CT molecular complexity index is 1060. The molecule has 24 heavy (non-hydrogen) atoms. The molecule has 3 rings (SSSR count).